The molecule has 0 aliphatic heterocycles. The molecule has 3 atom stereocenters. The van der Waals surface area contributed by atoms with Crippen molar-refractivity contribution in [1.82, 2.24) is 0 Å². The van der Waals surface area contributed by atoms with Crippen LogP contribution in [-0.2, 0) is 0 Å². The molecule has 0 amide bonds. The van der Waals surface area contributed by atoms with Crippen LogP contribution in [0.15, 0.2) is 36.0 Å². The average Bonchev–Trinajstić information content (AvgIpc) is 2.72. The van der Waals surface area contributed by atoms with Gasteiger partial charge >= 0.3 is 0 Å². The molecule has 0 radical (unpaired) electrons. The number of hydrogen-bond acceptors (Lipinski definition) is 2. The first-order chi connectivity index (χ1) is 13.2. The van der Waals surface area contributed by atoms with E-state index in [1.807, 2.05) is 26.8 Å². The molecule has 2 heteroatoms. The summed E-state index contributed by atoms with van der Waals surface area (Å²) in [6.07, 6.45) is 19.8. The molecule has 3 unspecified atom stereocenters. The van der Waals surface area contributed by atoms with Crippen molar-refractivity contribution in [3.05, 3.63) is 36.0 Å². The summed E-state index contributed by atoms with van der Waals surface area (Å²) in [6, 6.07) is 0. The molecule has 1 rings (SSSR count). The number of unbranched alkanes of at least 4 members (excludes halogenated alkanes) is 1. The van der Waals surface area contributed by atoms with Crippen molar-refractivity contribution in [1.29, 1.82) is 0 Å². The zero-order valence-corrected chi connectivity index (χ0v) is 19.1. The van der Waals surface area contributed by atoms with Crippen LogP contribution in [0.1, 0.15) is 105 Å². The van der Waals surface area contributed by atoms with Gasteiger partial charge in [-0.05, 0) is 82.6 Å². The molecular formula is C26H46O2. The predicted octanol–water partition coefficient (Wildman–Crippen LogP) is 7.12. The highest BCUT2D eigenvalue weighted by Crippen LogP contribution is 2.32. The highest BCUT2D eigenvalue weighted by molar-refractivity contribution is 5.25. The Labute approximate surface area is 174 Å². The minimum Gasteiger partial charge on any atom is -0.393 e. The van der Waals surface area contributed by atoms with Crippen molar-refractivity contribution < 1.29 is 10.2 Å². The van der Waals surface area contributed by atoms with E-state index in [0.717, 1.165) is 36.7 Å². The molecule has 162 valence electrons. The summed E-state index contributed by atoms with van der Waals surface area (Å²) in [5.41, 5.74) is 2.18. The molecule has 1 aliphatic rings. The Morgan fingerprint density at radius 1 is 1.21 bits per heavy atom. The van der Waals surface area contributed by atoms with Crippen LogP contribution in [0.5, 0.6) is 0 Å². The van der Waals surface area contributed by atoms with E-state index in [1.165, 1.54) is 51.4 Å². The summed E-state index contributed by atoms with van der Waals surface area (Å²) in [6.45, 7) is 12.2. The van der Waals surface area contributed by atoms with Gasteiger partial charge in [-0.2, -0.15) is 0 Å². The second kappa shape index (κ2) is 13.4. The van der Waals surface area contributed by atoms with E-state index in [0.29, 0.717) is 6.42 Å². The van der Waals surface area contributed by atoms with Crippen molar-refractivity contribution in [2.75, 3.05) is 0 Å². The molecule has 28 heavy (non-hydrogen) atoms. The zero-order chi connectivity index (χ0) is 21.0. The fourth-order valence-corrected chi connectivity index (χ4v) is 4.31. The number of rotatable bonds is 10. The Morgan fingerprint density at radius 2 is 1.89 bits per heavy atom. The summed E-state index contributed by atoms with van der Waals surface area (Å²) in [4.78, 5) is 0. The van der Waals surface area contributed by atoms with Crippen LogP contribution in [0.25, 0.3) is 0 Å². The molecule has 0 heterocycles. The first kappa shape index (κ1) is 25.2. The van der Waals surface area contributed by atoms with Crippen molar-refractivity contribution in [2.45, 2.75) is 116 Å². The molecule has 1 fully saturated rings. The third-order valence-electron chi connectivity index (χ3n) is 6.39. The summed E-state index contributed by atoms with van der Waals surface area (Å²) < 4.78 is 0. The van der Waals surface area contributed by atoms with E-state index >= 15 is 0 Å². The van der Waals surface area contributed by atoms with E-state index in [4.69, 9.17) is 0 Å². The van der Waals surface area contributed by atoms with Gasteiger partial charge in [0.05, 0.1) is 11.7 Å². The second-order valence-electron chi connectivity index (χ2n) is 9.62. The van der Waals surface area contributed by atoms with Crippen LogP contribution in [0.3, 0.4) is 0 Å². The minimum atomic E-state index is -0.519. The van der Waals surface area contributed by atoms with Crippen molar-refractivity contribution in [2.24, 2.45) is 11.8 Å². The lowest BCUT2D eigenvalue weighted by Gasteiger charge is -2.24. The van der Waals surface area contributed by atoms with Crippen LogP contribution >= 0.6 is 0 Å². The van der Waals surface area contributed by atoms with Gasteiger partial charge in [0.15, 0.2) is 0 Å². The predicted molar refractivity (Wildman–Crippen MR) is 122 cm³/mol. The maximum absolute atomic E-state index is 9.89. The molecular weight excluding hydrogens is 344 g/mol. The number of hydrogen-bond donors (Lipinski definition) is 2. The Balaban J connectivity index is 2.56. The maximum Gasteiger partial charge on any atom is 0.0591 e. The summed E-state index contributed by atoms with van der Waals surface area (Å²) in [5, 5.41) is 19.8. The molecule has 0 spiro atoms. The molecule has 0 aromatic rings. The highest BCUT2D eigenvalue weighted by atomic mass is 16.3. The van der Waals surface area contributed by atoms with Gasteiger partial charge in [-0.15, -0.1) is 0 Å². The molecule has 0 aromatic carbocycles. The number of aliphatic hydroxyl groups excluding tert-OH is 1. The summed E-state index contributed by atoms with van der Waals surface area (Å²) in [5.74, 6) is 1.64. The summed E-state index contributed by atoms with van der Waals surface area (Å²) in [7, 11) is 0. The van der Waals surface area contributed by atoms with Gasteiger partial charge in [-0.1, -0.05) is 69.9 Å². The Morgan fingerprint density at radius 3 is 2.50 bits per heavy atom. The van der Waals surface area contributed by atoms with Crippen molar-refractivity contribution in [3.8, 4) is 0 Å². The summed E-state index contributed by atoms with van der Waals surface area (Å²) >= 11 is 0. The van der Waals surface area contributed by atoms with Gasteiger partial charge in [0, 0.05) is 0 Å². The van der Waals surface area contributed by atoms with Crippen LogP contribution in [0.4, 0.5) is 0 Å². The average molecular weight is 391 g/mol. The molecule has 1 aliphatic carbocycles. The lowest BCUT2D eigenvalue weighted by atomic mass is 9.83. The normalized spacial score (nSPS) is 25.1. The van der Waals surface area contributed by atoms with Crippen LogP contribution in [0, 0.1) is 11.8 Å². The maximum atomic E-state index is 9.89. The highest BCUT2D eigenvalue weighted by Gasteiger charge is 2.19. The second-order valence-corrected chi connectivity index (χ2v) is 9.62. The third kappa shape index (κ3) is 11.2. The fourth-order valence-electron chi connectivity index (χ4n) is 4.31. The van der Waals surface area contributed by atoms with Gasteiger partial charge in [0.1, 0.15) is 0 Å². The molecule has 1 saturated carbocycles. The lowest BCUT2D eigenvalue weighted by molar-refractivity contribution is 0.0673. The van der Waals surface area contributed by atoms with Crippen molar-refractivity contribution in [3.63, 3.8) is 0 Å². The lowest BCUT2D eigenvalue weighted by Crippen LogP contribution is -2.18. The van der Waals surface area contributed by atoms with E-state index < -0.39 is 5.60 Å². The van der Waals surface area contributed by atoms with E-state index in [1.54, 1.807) is 5.57 Å². The molecule has 0 saturated heterocycles. The van der Waals surface area contributed by atoms with E-state index in [-0.39, 0.29) is 6.10 Å². The first-order valence-electron chi connectivity index (χ1n) is 11.7. The molecule has 0 aromatic heterocycles. The SMILES string of the molecule is C=C/C(=C\C=C1/CCCC(C)C(CCCCC(C)(C)O)CCC1)CC(O)CC. The van der Waals surface area contributed by atoms with E-state index in [9.17, 15) is 10.2 Å². The standard InChI is InChI=1S/C26H46O2/c1-6-22(20-25(27)7-2)17-18-23-13-10-12-21(3)24(16-11-14-23)15-8-9-19-26(4,5)28/h6,17-18,21,24-25,27-28H,1,7-16,19-20H2,2-5H3/b22-17+,23-18+. The van der Waals surface area contributed by atoms with E-state index in [2.05, 4.69) is 25.7 Å². The smallest absolute Gasteiger partial charge is 0.0591 e. The van der Waals surface area contributed by atoms with Gasteiger partial charge in [-0.25, -0.2) is 0 Å². The number of aliphatic hydroxyl groups is 2. The largest absolute Gasteiger partial charge is 0.393 e. The van der Waals surface area contributed by atoms with Gasteiger partial charge in [0.2, 0.25) is 0 Å². The quantitative estimate of drug-likeness (QED) is 0.308. The molecule has 2 nitrogen and oxygen atoms in total. The van der Waals surface area contributed by atoms with Gasteiger partial charge < -0.3 is 10.2 Å². The Bertz CT molecular complexity index is 495. The van der Waals surface area contributed by atoms with Gasteiger partial charge in [-0.3, -0.25) is 0 Å². The van der Waals surface area contributed by atoms with Crippen LogP contribution in [0.2, 0.25) is 0 Å². The minimum absolute atomic E-state index is 0.263. The number of allylic oxidation sites excluding steroid dienone is 4. The first-order valence-corrected chi connectivity index (χ1v) is 11.7. The topological polar surface area (TPSA) is 40.5 Å². The van der Waals surface area contributed by atoms with Crippen molar-refractivity contribution >= 4 is 0 Å². The zero-order valence-electron chi connectivity index (χ0n) is 19.1. The molecule has 0 bridgehead atoms. The monoisotopic (exact) mass is 390 g/mol. The van der Waals surface area contributed by atoms with Gasteiger partial charge in [0.25, 0.3) is 0 Å². The third-order valence-corrected chi connectivity index (χ3v) is 6.39. The Hall–Kier alpha value is -0.860. The fraction of sp³-hybridized carbons (Fsp3) is 0.769. The van der Waals surface area contributed by atoms with Crippen LogP contribution in [-0.4, -0.2) is 21.9 Å². The molecule has 2 N–H and O–H groups in total. The Kier molecular flexibility index (Phi) is 12.0. The van der Waals surface area contributed by atoms with Crippen LogP contribution < -0.4 is 0 Å².